The highest BCUT2D eigenvalue weighted by Crippen LogP contribution is 2.11. The van der Waals surface area contributed by atoms with Crippen LogP contribution in [0, 0.1) is 6.92 Å². The summed E-state index contributed by atoms with van der Waals surface area (Å²) < 4.78 is 5.06. The molecule has 0 heterocycles. The van der Waals surface area contributed by atoms with E-state index in [0.717, 1.165) is 16.8 Å². The smallest absolute Gasteiger partial charge is 0.271 e. The number of amides is 1. The van der Waals surface area contributed by atoms with E-state index in [2.05, 4.69) is 10.5 Å². The number of hydrogen-bond acceptors (Lipinski definition) is 3. The Morgan fingerprint density at radius 2 is 1.81 bits per heavy atom. The highest BCUT2D eigenvalue weighted by Gasteiger charge is 2.05. The minimum atomic E-state index is -0.246. The van der Waals surface area contributed by atoms with Gasteiger partial charge in [0, 0.05) is 5.56 Å². The van der Waals surface area contributed by atoms with Crippen molar-refractivity contribution in [2.75, 3.05) is 7.11 Å². The number of hydrogen-bond donors (Lipinski definition) is 1. The lowest BCUT2D eigenvalue weighted by Crippen LogP contribution is -2.19. The second-order valence-electron chi connectivity index (χ2n) is 4.74. The first-order chi connectivity index (χ1) is 10.1. The molecule has 0 unspecified atom stereocenters. The quantitative estimate of drug-likeness (QED) is 0.691. The summed E-state index contributed by atoms with van der Waals surface area (Å²) in [7, 11) is 1.59. The Balaban J connectivity index is 2.06. The predicted molar refractivity (Wildman–Crippen MR) is 83.9 cm³/mol. The van der Waals surface area contributed by atoms with Gasteiger partial charge in [0.1, 0.15) is 5.75 Å². The van der Waals surface area contributed by atoms with E-state index >= 15 is 0 Å². The van der Waals surface area contributed by atoms with Crippen LogP contribution in [-0.4, -0.2) is 18.7 Å². The number of hydrazone groups is 1. The first kappa shape index (κ1) is 14.8. The second kappa shape index (κ2) is 6.70. The summed E-state index contributed by atoms with van der Waals surface area (Å²) in [5, 5.41) is 4.14. The average Bonchev–Trinajstić information content (AvgIpc) is 2.52. The zero-order valence-corrected chi connectivity index (χ0v) is 12.4. The van der Waals surface area contributed by atoms with Crippen molar-refractivity contribution in [1.82, 2.24) is 5.43 Å². The summed E-state index contributed by atoms with van der Waals surface area (Å²) in [5.74, 6) is 0.468. The van der Waals surface area contributed by atoms with Crippen LogP contribution in [0.2, 0.25) is 0 Å². The van der Waals surface area contributed by atoms with E-state index in [1.807, 2.05) is 38.1 Å². The molecule has 0 spiro atoms. The summed E-state index contributed by atoms with van der Waals surface area (Å²) in [5.41, 5.74) is 6.01. The minimum Gasteiger partial charge on any atom is -0.497 e. The van der Waals surface area contributed by atoms with Crippen LogP contribution in [0.25, 0.3) is 0 Å². The Morgan fingerprint density at radius 3 is 2.43 bits per heavy atom. The Hall–Kier alpha value is -2.62. The molecule has 4 heteroatoms. The SMILES string of the molecule is COc1ccc(C(=O)N/N=C(\C)c2cccc(C)c2)cc1. The van der Waals surface area contributed by atoms with Crippen molar-refractivity contribution >= 4 is 11.6 Å². The van der Waals surface area contributed by atoms with Gasteiger partial charge in [0.2, 0.25) is 0 Å². The Labute approximate surface area is 124 Å². The van der Waals surface area contributed by atoms with Crippen LogP contribution < -0.4 is 10.2 Å². The maximum absolute atomic E-state index is 12.0. The molecule has 0 bridgehead atoms. The molecule has 0 fully saturated rings. The van der Waals surface area contributed by atoms with E-state index in [1.54, 1.807) is 31.4 Å². The molecule has 0 aromatic heterocycles. The van der Waals surface area contributed by atoms with Gasteiger partial charge < -0.3 is 4.74 Å². The van der Waals surface area contributed by atoms with Gasteiger partial charge in [0.25, 0.3) is 5.91 Å². The molecule has 0 radical (unpaired) electrons. The minimum absolute atomic E-state index is 0.246. The first-order valence-electron chi connectivity index (χ1n) is 6.66. The molecule has 1 amide bonds. The Kier molecular flexibility index (Phi) is 4.72. The molecule has 4 nitrogen and oxygen atoms in total. The largest absolute Gasteiger partial charge is 0.497 e. The molecule has 0 saturated carbocycles. The normalized spacial score (nSPS) is 11.1. The highest BCUT2D eigenvalue weighted by atomic mass is 16.5. The van der Waals surface area contributed by atoms with Crippen molar-refractivity contribution in [3.05, 3.63) is 65.2 Å². The molecule has 2 aromatic carbocycles. The molecule has 2 aromatic rings. The summed E-state index contributed by atoms with van der Waals surface area (Å²) in [6.07, 6.45) is 0. The lowest BCUT2D eigenvalue weighted by atomic mass is 10.1. The van der Waals surface area contributed by atoms with Crippen LogP contribution in [0.3, 0.4) is 0 Å². The average molecular weight is 282 g/mol. The topological polar surface area (TPSA) is 50.7 Å². The van der Waals surface area contributed by atoms with Crippen molar-refractivity contribution in [3.63, 3.8) is 0 Å². The van der Waals surface area contributed by atoms with Gasteiger partial charge in [-0.05, 0) is 43.7 Å². The van der Waals surface area contributed by atoms with E-state index in [-0.39, 0.29) is 5.91 Å². The fraction of sp³-hybridized carbons (Fsp3) is 0.176. The van der Waals surface area contributed by atoms with E-state index in [0.29, 0.717) is 11.3 Å². The maximum Gasteiger partial charge on any atom is 0.271 e. The Bertz CT molecular complexity index is 661. The third kappa shape index (κ3) is 3.92. The van der Waals surface area contributed by atoms with Gasteiger partial charge in [0.05, 0.1) is 12.8 Å². The third-order valence-corrected chi connectivity index (χ3v) is 3.11. The number of methoxy groups -OCH3 is 1. The fourth-order valence-electron chi connectivity index (χ4n) is 1.88. The monoisotopic (exact) mass is 282 g/mol. The summed E-state index contributed by atoms with van der Waals surface area (Å²) >= 11 is 0. The highest BCUT2D eigenvalue weighted by molar-refractivity contribution is 6.00. The van der Waals surface area contributed by atoms with E-state index in [9.17, 15) is 4.79 Å². The molecule has 21 heavy (non-hydrogen) atoms. The molecule has 108 valence electrons. The number of benzene rings is 2. The van der Waals surface area contributed by atoms with Crippen molar-refractivity contribution in [2.24, 2.45) is 5.10 Å². The van der Waals surface area contributed by atoms with Crippen molar-refractivity contribution in [2.45, 2.75) is 13.8 Å². The Morgan fingerprint density at radius 1 is 1.10 bits per heavy atom. The lowest BCUT2D eigenvalue weighted by Gasteiger charge is -2.05. The van der Waals surface area contributed by atoms with Crippen molar-refractivity contribution < 1.29 is 9.53 Å². The van der Waals surface area contributed by atoms with Crippen LogP contribution in [-0.2, 0) is 0 Å². The first-order valence-corrected chi connectivity index (χ1v) is 6.66. The summed E-state index contributed by atoms with van der Waals surface area (Å²) in [6.45, 7) is 3.88. The molecule has 0 aliphatic rings. The van der Waals surface area contributed by atoms with E-state index in [4.69, 9.17) is 4.74 Å². The number of carbonyl (C=O) groups excluding carboxylic acids is 1. The number of carbonyl (C=O) groups is 1. The lowest BCUT2D eigenvalue weighted by molar-refractivity contribution is 0.0955. The molecule has 2 rings (SSSR count). The number of nitrogens with zero attached hydrogens (tertiary/aromatic N) is 1. The van der Waals surface area contributed by atoms with E-state index < -0.39 is 0 Å². The molecule has 1 N–H and O–H groups in total. The van der Waals surface area contributed by atoms with E-state index in [1.165, 1.54) is 0 Å². The van der Waals surface area contributed by atoms with Crippen LogP contribution >= 0.6 is 0 Å². The van der Waals surface area contributed by atoms with Crippen molar-refractivity contribution in [3.8, 4) is 5.75 Å². The van der Waals surface area contributed by atoms with Crippen LogP contribution in [0.4, 0.5) is 0 Å². The zero-order chi connectivity index (χ0) is 15.2. The zero-order valence-electron chi connectivity index (χ0n) is 12.4. The standard InChI is InChI=1S/C17H18N2O2/c1-12-5-4-6-15(11-12)13(2)18-19-17(20)14-7-9-16(21-3)10-8-14/h4-11H,1-3H3,(H,19,20)/b18-13+. The van der Waals surface area contributed by atoms with Gasteiger partial charge in [-0.2, -0.15) is 5.10 Å². The number of ether oxygens (including phenoxy) is 1. The summed E-state index contributed by atoms with van der Waals surface area (Å²) in [4.78, 5) is 12.0. The third-order valence-electron chi connectivity index (χ3n) is 3.11. The molecule has 0 aliphatic carbocycles. The van der Waals surface area contributed by atoms with Gasteiger partial charge >= 0.3 is 0 Å². The fourth-order valence-corrected chi connectivity index (χ4v) is 1.88. The van der Waals surface area contributed by atoms with Crippen LogP contribution in [0.15, 0.2) is 53.6 Å². The molecule has 0 atom stereocenters. The second-order valence-corrected chi connectivity index (χ2v) is 4.74. The number of rotatable bonds is 4. The van der Waals surface area contributed by atoms with Gasteiger partial charge in [0.15, 0.2) is 0 Å². The number of nitrogens with one attached hydrogen (secondary N) is 1. The molecule has 0 aliphatic heterocycles. The molecule has 0 saturated heterocycles. The van der Waals surface area contributed by atoms with Gasteiger partial charge in [-0.15, -0.1) is 0 Å². The van der Waals surface area contributed by atoms with Gasteiger partial charge in [-0.25, -0.2) is 5.43 Å². The molecular weight excluding hydrogens is 264 g/mol. The summed E-state index contributed by atoms with van der Waals surface area (Å²) in [6, 6.07) is 14.9. The van der Waals surface area contributed by atoms with Crippen LogP contribution in [0.5, 0.6) is 5.75 Å². The predicted octanol–water partition coefficient (Wildman–Crippen LogP) is 3.16. The van der Waals surface area contributed by atoms with Gasteiger partial charge in [-0.3, -0.25) is 4.79 Å². The molecular formula is C17H18N2O2. The van der Waals surface area contributed by atoms with Crippen LogP contribution in [0.1, 0.15) is 28.4 Å². The van der Waals surface area contributed by atoms with Gasteiger partial charge in [-0.1, -0.05) is 29.8 Å². The maximum atomic E-state index is 12.0. The number of aryl methyl sites for hydroxylation is 1. The van der Waals surface area contributed by atoms with Crippen molar-refractivity contribution in [1.29, 1.82) is 0 Å².